The first-order chi connectivity index (χ1) is 12.5. The van der Waals surface area contributed by atoms with Crippen molar-refractivity contribution < 1.29 is 4.92 Å². The summed E-state index contributed by atoms with van der Waals surface area (Å²) in [6, 6.07) is 12.2. The molecule has 9 heteroatoms. The lowest BCUT2D eigenvalue weighted by atomic mass is 10.2. The summed E-state index contributed by atoms with van der Waals surface area (Å²) in [5.41, 5.74) is 1.74. The summed E-state index contributed by atoms with van der Waals surface area (Å²) in [5.74, 6) is 0.0743. The number of aryl methyl sites for hydroxylation is 1. The van der Waals surface area contributed by atoms with Crippen molar-refractivity contribution in [3.05, 3.63) is 74.5 Å². The number of rotatable bonds is 5. The summed E-state index contributed by atoms with van der Waals surface area (Å²) in [6.45, 7) is 1.89. The molecule has 0 unspecified atom stereocenters. The van der Waals surface area contributed by atoms with E-state index in [0.29, 0.717) is 21.4 Å². The van der Waals surface area contributed by atoms with Crippen LogP contribution in [0.5, 0.6) is 0 Å². The van der Waals surface area contributed by atoms with Gasteiger partial charge >= 0.3 is 5.69 Å². The Morgan fingerprint density at radius 3 is 2.31 bits per heavy atom. The van der Waals surface area contributed by atoms with Gasteiger partial charge in [0.2, 0.25) is 11.6 Å². The number of nitrogens with zero attached hydrogens (tertiary/aromatic N) is 3. The maximum Gasteiger partial charge on any atom is 0.353 e. The Morgan fingerprint density at radius 1 is 1.00 bits per heavy atom. The van der Waals surface area contributed by atoms with Gasteiger partial charge in [0, 0.05) is 10.7 Å². The van der Waals surface area contributed by atoms with Crippen LogP contribution in [0.4, 0.5) is 28.7 Å². The summed E-state index contributed by atoms with van der Waals surface area (Å²) >= 11 is 12.1. The zero-order valence-electron chi connectivity index (χ0n) is 13.5. The second-order valence-corrected chi connectivity index (χ2v) is 6.21. The number of halogens is 2. The van der Waals surface area contributed by atoms with Crippen LogP contribution in [0.3, 0.4) is 0 Å². The fourth-order valence-electron chi connectivity index (χ4n) is 2.30. The normalized spacial score (nSPS) is 10.4. The molecule has 7 nitrogen and oxygen atoms in total. The molecule has 0 aliphatic heterocycles. The third-order valence-electron chi connectivity index (χ3n) is 3.58. The highest BCUT2D eigenvalue weighted by atomic mass is 35.5. The Hall–Kier alpha value is -2.90. The van der Waals surface area contributed by atoms with E-state index in [4.69, 9.17) is 23.2 Å². The highest BCUT2D eigenvalue weighted by molar-refractivity contribution is 6.35. The number of nitro groups is 1. The van der Waals surface area contributed by atoms with Crippen LogP contribution in [0.2, 0.25) is 10.0 Å². The van der Waals surface area contributed by atoms with Crippen LogP contribution < -0.4 is 10.6 Å². The van der Waals surface area contributed by atoms with Crippen LogP contribution in [-0.4, -0.2) is 14.9 Å². The standard InChI is InChI=1S/C17H13Cl2N5O2/c1-10-4-2-3-5-13(10)22-16-15(24(25)26)17(21-9-20-16)23-14-8-11(18)6-7-12(14)19/h2-9H,1H3,(H2,20,21,22,23). The molecule has 0 amide bonds. The third kappa shape index (κ3) is 3.84. The predicted octanol–water partition coefficient (Wildman–Crippen LogP) is 5.49. The second-order valence-electron chi connectivity index (χ2n) is 5.37. The van der Waals surface area contributed by atoms with Crippen LogP contribution >= 0.6 is 23.2 Å². The maximum absolute atomic E-state index is 11.6. The van der Waals surface area contributed by atoms with Gasteiger partial charge in [0.25, 0.3) is 0 Å². The number of aromatic nitrogens is 2. The smallest absolute Gasteiger partial charge is 0.334 e. The highest BCUT2D eigenvalue weighted by Crippen LogP contribution is 2.35. The first-order valence-electron chi connectivity index (χ1n) is 7.50. The Bertz CT molecular complexity index is 981. The first-order valence-corrected chi connectivity index (χ1v) is 8.25. The molecule has 1 heterocycles. The number of anilines is 4. The predicted molar refractivity (Wildman–Crippen MR) is 103 cm³/mol. The fourth-order valence-corrected chi connectivity index (χ4v) is 2.63. The zero-order valence-corrected chi connectivity index (χ0v) is 15.0. The van der Waals surface area contributed by atoms with Gasteiger partial charge in [0.1, 0.15) is 6.33 Å². The molecular weight excluding hydrogens is 377 g/mol. The minimum absolute atomic E-state index is 0.00486. The van der Waals surface area contributed by atoms with Crippen molar-refractivity contribution in [1.82, 2.24) is 9.97 Å². The molecule has 132 valence electrons. The molecule has 0 atom stereocenters. The first kappa shape index (κ1) is 17.9. The van der Waals surface area contributed by atoms with Crippen molar-refractivity contribution >= 4 is 51.9 Å². The Labute approximate surface area is 159 Å². The number of benzene rings is 2. The zero-order chi connectivity index (χ0) is 18.7. The van der Waals surface area contributed by atoms with E-state index in [2.05, 4.69) is 20.6 Å². The molecule has 0 saturated carbocycles. The highest BCUT2D eigenvalue weighted by Gasteiger charge is 2.24. The average molecular weight is 390 g/mol. The van der Waals surface area contributed by atoms with E-state index in [1.807, 2.05) is 31.2 Å². The average Bonchev–Trinajstić information content (AvgIpc) is 2.60. The van der Waals surface area contributed by atoms with Gasteiger partial charge < -0.3 is 10.6 Å². The molecule has 0 radical (unpaired) electrons. The summed E-state index contributed by atoms with van der Waals surface area (Å²) in [4.78, 5) is 19.1. The molecule has 3 rings (SSSR count). The van der Waals surface area contributed by atoms with Crippen LogP contribution in [0.15, 0.2) is 48.8 Å². The molecular formula is C17H13Cl2N5O2. The van der Waals surface area contributed by atoms with Gasteiger partial charge in [-0.3, -0.25) is 10.1 Å². The van der Waals surface area contributed by atoms with Crippen LogP contribution in [0.1, 0.15) is 5.56 Å². The molecule has 26 heavy (non-hydrogen) atoms. The largest absolute Gasteiger partial charge is 0.353 e. The van der Waals surface area contributed by atoms with Crippen molar-refractivity contribution in [3.63, 3.8) is 0 Å². The van der Waals surface area contributed by atoms with Gasteiger partial charge in [-0.2, -0.15) is 0 Å². The Morgan fingerprint density at radius 2 is 1.65 bits per heavy atom. The SMILES string of the molecule is Cc1ccccc1Nc1ncnc(Nc2cc(Cl)ccc2Cl)c1[N+](=O)[O-]. The maximum atomic E-state index is 11.6. The fraction of sp³-hybridized carbons (Fsp3) is 0.0588. The quantitative estimate of drug-likeness (QED) is 0.442. The van der Waals surface area contributed by atoms with Gasteiger partial charge in [-0.15, -0.1) is 0 Å². The number of hydrogen-bond acceptors (Lipinski definition) is 6. The van der Waals surface area contributed by atoms with Crippen LogP contribution in [0, 0.1) is 17.0 Å². The topological polar surface area (TPSA) is 93.0 Å². The number of hydrogen-bond donors (Lipinski definition) is 2. The number of para-hydroxylation sites is 1. The van der Waals surface area contributed by atoms with Crippen molar-refractivity contribution in [3.8, 4) is 0 Å². The van der Waals surface area contributed by atoms with Crippen molar-refractivity contribution in [1.29, 1.82) is 0 Å². The molecule has 3 aromatic rings. The van der Waals surface area contributed by atoms with Gasteiger partial charge in [-0.25, -0.2) is 9.97 Å². The lowest BCUT2D eigenvalue weighted by Gasteiger charge is -2.12. The monoisotopic (exact) mass is 389 g/mol. The molecule has 2 N–H and O–H groups in total. The van der Waals surface area contributed by atoms with Crippen LogP contribution in [0.25, 0.3) is 0 Å². The second kappa shape index (κ2) is 7.55. The molecule has 0 saturated heterocycles. The van der Waals surface area contributed by atoms with E-state index < -0.39 is 4.92 Å². The van der Waals surface area contributed by atoms with E-state index >= 15 is 0 Å². The Balaban J connectivity index is 2.03. The molecule has 0 aliphatic carbocycles. The molecule has 0 aliphatic rings. The minimum atomic E-state index is -0.554. The summed E-state index contributed by atoms with van der Waals surface area (Å²) in [7, 11) is 0. The van der Waals surface area contributed by atoms with E-state index in [9.17, 15) is 10.1 Å². The minimum Gasteiger partial charge on any atom is -0.334 e. The molecule has 0 spiro atoms. The lowest BCUT2D eigenvalue weighted by molar-refractivity contribution is -0.383. The Kier molecular flexibility index (Phi) is 5.20. The van der Waals surface area contributed by atoms with Gasteiger partial charge in [-0.05, 0) is 36.8 Å². The van der Waals surface area contributed by atoms with Crippen molar-refractivity contribution in [2.45, 2.75) is 6.92 Å². The molecule has 0 bridgehead atoms. The summed E-state index contributed by atoms with van der Waals surface area (Å²) < 4.78 is 0. The van der Waals surface area contributed by atoms with Crippen molar-refractivity contribution in [2.75, 3.05) is 10.6 Å². The number of nitrogens with one attached hydrogen (secondary N) is 2. The summed E-state index contributed by atoms with van der Waals surface area (Å²) in [5, 5.41) is 18.3. The van der Waals surface area contributed by atoms with E-state index in [1.54, 1.807) is 18.2 Å². The van der Waals surface area contributed by atoms with Gasteiger partial charge in [0.05, 0.1) is 15.6 Å². The van der Waals surface area contributed by atoms with Gasteiger partial charge in [-0.1, -0.05) is 41.4 Å². The molecule has 2 aromatic carbocycles. The van der Waals surface area contributed by atoms with Crippen molar-refractivity contribution in [2.24, 2.45) is 0 Å². The summed E-state index contributed by atoms with van der Waals surface area (Å²) in [6.07, 6.45) is 1.23. The lowest BCUT2D eigenvalue weighted by Crippen LogP contribution is -2.06. The van der Waals surface area contributed by atoms with E-state index in [-0.39, 0.29) is 17.3 Å². The van der Waals surface area contributed by atoms with E-state index in [1.165, 1.54) is 6.33 Å². The molecule has 1 aromatic heterocycles. The molecule has 0 fully saturated rings. The van der Waals surface area contributed by atoms with Gasteiger partial charge in [0.15, 0.2) is 0 Å². The van der Waals surface area contributed by atoms with Crippen LogP contribution in [-0.2, 0) is 0 Å². The van der Waals surface area contributed by atoms with E-state index in [0.717, 1.165) is 5.56 Å². The third-order valence-corrected chi connectivity index (χ3v) is 4.15.